The minimum absolute atomic E-state index is 0.0774. The van der Waals surface area contributed by atoms with E-state index in [2.05, 4.69) is 21.0 Å². The van der Waals surface area contributed by atoms with Gasteiger partial charge in [0.1, 0.15) is 0 Å². The van der Waals surface area contributed by atoms with Crippen LogP contribution in [0.1, 0.15) is 28.9 Å². The summed E-state index contributed by atoms with van der Waals surface area (Å²) >= 11 is 3.57. The van der Waals surface area contributed by atoms with Crippen LogP contribution in [0.5, 0.6) is 0 Å². The molecule has 5 heteroatoms. The van der Waals surface area contributed by atoms with Gasteiger partial charge in [0.15, 0.2) is 0 Å². The summed E-state index contributed by atoms with van der Waals surface area (Å²) in [5.41, 5.74) is 1.51. The molecule has 0 atom stereocenters. The molecule has 0 aromatic carbocycles. The Labute approximate surface area is 110 Å². The maximum Gasteiger partial charge on any atom is 0.257 e. The predicted octanol–water partition coefficient (Wildman–Crippen LogP) is 1.97. The van der Waals surface area contributed by atoms with Gasteiger partial charge in [0, 0.05) is 31.7 Å². The van der Waals surface area contributed by atoms with Crippen molar-refractivity contribution in [3.8, 4) is 0 Å². The van der Waals surface area contributed by atoms with Crippen LogP contribution in [0.3, 0.4) is 0 Å². The second-order valence-corrected chi connectivity index (χ2v) is 6.22. The van der Waals surface area contributed by atoms with Gasteiger partial charge >= 0.3 is 0 Å². The molecule has 17 heavy (non-hydrogen) atoms. The first-order chi connectivity index (χ1) is 7.97. The van der Waals surface area contributed by atoms with Crippen molar-refractivity contribution in [2.75, 3.05) is 13.6 Å². The van der Waals surface area contributed by atoms with E-state index < -0.39 is 0 Å². The second-order valence-electron chi connectivity index (χ2n) is 4.92. The summed E-state index contributed by atoms with van der Waals surface area (Å²) in [6, 6.07) is 0. The van der Waals surface area contributed by atoms with E-state index in [4.69, 9.17) is 0 Å². The molecule has 0 radical (unpaired) electrons. The molecule has 94 valence electrons. The molecule has 1 aliphatic carbocycles. The van der Waals surface area contributed by atoms with Gasteiger partial charge in [-0.15, -0.1) is 0 Å². The van der Waals surface area contributed by atoms with Gasteiger partial charge in [0.25, 0.3) is 5.91 Å². The van der Waals surface area contributed by atoms with Crippen LogP contribution in [0.25, 0.3) is 0 Å². The van der Waals surface area contributed by atoms with Crippen LogP contribution in [0.4, 0.5) is 0 Å². The Bertz CT molecular complexity index is 423. The summed E-state index contributed by atoms with van der Waals surface area (Å²) in [5, 5.41) is 4.20. The fourth-order valence-corrected chi connectivity index (χ4v) is 3.35. The van der Waals surface area contributed by atoms with Crippen molar-refractivity contribution >= 4 is 21.8 Å². The first-order valence-electron chi connectivity index (χ1n) is 5.87. The van der Waals surface area contributed by atoms with Gasteiger partial charge in [0.05, 0.1) is 11.3 Å². The largest absolute Gasteiger partial charge is 0.341 e. The van der Waals surface area contributed by atoms with Crippen molar-refractivity contribution in [3.05, 3.63) is 17.5 Å². The van der Waals surface area contributed by atoms with Gasteiger partial charge in [-0.1, -0.05) is 15.9 Å². The molecule has 1 amide bonds. The maximum atomic E-state index is 12.2. The molecule has 1 heterocycles. The summed E-state index contributed by atoms with van der Waals surface area (Å²) < 4.78 is 1.69. The normalized spacial score (nSPS) is 23.3. The zero-order chi connectivity index (χ0) is 12.6. The highest BCUT2D eigenvalue weighted by atomic mass is 79.9. The van der Waals surface area contributed by atoms with Crippen molar-refractivity contribution < 1.29 is 4.79 Å². The van der Waals surface area contributed by atoms with E-state index in [0.717, 1.165) is 12.2 Å². The fourth-order valence-electron chi connectivity index (χ4n) is 2.29. The summed E-state index contributed by atoms with van der Waals surface area (Å²) in [4.78, 5) is 14.7. The van der Waals surface area contributed by atoms with Crippen LogP contribution in [0.15, 0.2) is 6.20 Å². The van der Waals surface area contributed by atoms with Crippen LogP contribution >= 0.6 is 15.9 Å². The molecule has 0 spiro atoms. The number of hydrogen-bond acceptors (Lipinski definition) is 2. The molecular weight excluding hydrogens is 282 g/mol. The minimum atomic E-state index is 0.0774. The van der Waals surface area contributed by atoms with Crippen molar-refractivity contribution in [1.29, 1.82) is 0 Å². The molecule has 1 fully saturated rings. The van der Waals surface area contributed by atoms with Gasteiger partial charge in [-0.3, -0.25) is 9.48 Å². The van der Waals surface area contributed by atoms with E-state index in [0.29, 0.717) is 16.3 Å². The average molecular weight is 300 g/mol. The van der Waals surface area contributed by atoms with Crippen molar-refractivity contribution in [1.82, 2.24) is 14.7 Å². The number of hydrogen-bond donors (Lipinski definition) is 0. The molecule has 1 aliphatic rings. The highest BCUT2D eigenvalue weighted by Crippen LogP contribution is 2.33. The fraction of sp³-hybridized carbons (Fsp3) is 0.667. The SMILES string of the molecule is Cc1nn(C)cc1C(=O)N(C)CC1CC(Br)C1. The van der Waals surface area contributed by atoms with Gasteiger partial charge in [-0.2, -0.15) is 5.10 Å². The molecule has 1 aromatic heterocycles. The molecule has 4 nitrogen and oxygen atoms in total. The summed E-state index contributed by atoms with van der Waals surface area (Å²) in [5.74, 6) is 0.721. The molecule has 0 unspecified atom stereocenters. The lowest BCUT2D eigenvalue weighted by Gasteiger charge is -2.34. The monoisotopic (exact) mass is 299 g/mol. The Morgan fingerprint density at radius 3 is 2.76 bits per heavy atom. The summed E-state index contributed by atoms with van der Waals surface area (Å²) in [7, 11) is 3.71. The molecule has 0 saturated heterocycles. The van der Waals surface area contributed by atoms with Gasteiger partial charge < -0.3 is 4.90 Å². The lowest BCUT2D eigenvalue weighted by atomic mass is 9.85. The topological polar surface area (TPSA) is 38.1 Å². The molecule has 0 aliphatic heterocycles. The van der Waals surface area contributed by atoms with Crippen LogP contribution in [-0.2, 0) is 7.05 Å². The predicted molar refractivity (Wildman–Crippen MR) is 70.3 cm³/mol. The molecule has 1 aromatic rings. The second kappa shape index (κ2) is 4.80. The van der Waals surface area contributed by atoms with Crippen molar-refractivity contribution in [2.24, 2.45) is 13.0 Å². The summed E-state index contributed by atoms with van der Waals surface area (Å²) in [6.07, 6.45) is 4.13. The lowest BCUT2D eigenvalue weighted by Crippen LogP contribution is -2.37. The third kappa shape index (κ3) is 2.70. The third-order valence-corrected chi connectivity index (χ3v) is 4.05. The Kier molecular flexibility index (Phi) is 3.56. The average Bonchev–Trinajstić information content (AvgIpc) is 2.54. The van der Waals surface area contributed by atoms with Crippen LogP contribution in [0.2, 0.25) is 0 Å². The van der Waals surface area contributed by atoms with Crippen LogP contribution in [0, 0.1) is 12.8 Å². The van der Waals surface area contributed by atoms with Crippen LogP contribution in [-0.4, -0.2) is 39.0 Å². The Hall–Kier alpha value is -0.840. The molecule has 2 rings (SSSR count). The van der Waals surface area contributed by atoms with Gasteiger partial charge in [-0.25, -0.2) is 0 Å². The Morgan fingerprint density at radius 1 is 1.65 bits per heavy atom. The van der Waals surface area contributed by atoms with E-state index in [9.17, 15) is 4.79 Å². The number of carbonyl (C=O) groups excluding carboxylic acids is 1. The van der Waals surface area contributed by atoms with Crippen LogP contribution < -0.4 is 0 Å². The first-order valence-corrected chi connectivity index (χ1v) is 6.78. The third-order valence-electron chi connectivity index (χ3n) is 3.30. The Balaban J connectivity index is 1.97. The zero-order valence-corrected chi connectivity index (χ0v) is 12.1. The van der Waals surface area contributed by atoms with E-state index in [1.807, 2.05) is 25.9 Å². The number of aromatic nitrogens is 2. The zero-order valence-electron chi connectivity index (χ0n) is 10.5. The molecule has 0 N–H and O–H groups in total. The number of alkyl halides is 1. The molecular formula is C12H18BrN3O. The minimum Gasteiger partial charge on any atom is -0.341 e. The first kappa shape index (κ1) is 12.6. The van der Waals surface area contributed by atoms with E-state index >= 15 is 0 Å². The smallest absolute Gasteiger partial charge is 0.257 e. The lowest BCUT2D eigenvalue weighted by molar-refractivity contribution is 0.0748. The van der Waals surface area contributed by atoms with Gasteiger partial charge in [-0.05, 0) is 25.7 Å². The van der Waals surface area contributed by atoms with E-state index in [1.165, 1.54) is 12.8 Å². The summed E-state index contributed by atoms with van der Waals surface area (Å²) in [6.45, 7) is 2.72. The Morgan fingerprint density at radius 2 is 2.29 bits per heavy atom. The number of carbonyl (C=O) groups is 1. The highest BCUT2D eigenvalue weighted by molar-refractivity contribution is 9.09. The highest BCUT2D eigenvalue weighted by Gasteiger charge is 2.29. The quantitative estimate of drug-likeness (QED) is 0.801. The molecule has 0 bridgehead atoms. The molecule has 1 saturated carbocycles. The van der Waals surface area contributed by atoms with Gasteiger partial charge in [0.2, 0.25) is 0 Å². The number of amides is 1. The van der Waals surface area contributed by atoms with E-state index in [-0.39, 0.29) is 5.91 Å². The number of rotatable bonds is 3. The number of aryl methyl sites for hydroxylation is 2. The standard InChI is InChI=1S/C12H18BrN3O/c1-8-11(7-16(3)14-8)12(17)15(2)6-9-4-10(13)5-9/h7,9-10H,4-6H2,1-3H3. The maximum absolute atomic E-state index is 12.2. The number of halogens is 1. The van der Waals surface area contributed by atoms with Crippen molar-refractivity contribution in [3.63, 3.8) is 0 Å². The van der Waals surface area contributed by atoms with Crippen molar-refractivity contribution in [2.45, 2.75) is 24.6 Å². The van der Waals surface area contributed by atoms with E-state index in [1.54, 1.807) is 10.9 Å². The number of nitrogens with zero attached hydrogens (tertiary/aromatic N) is 3.